The Labute approximate surface area is 133 Å². The van der Waals surface area contributed by atoms with Crippen LogP contribution in [0.1, 0.15) is 27.2 Å². The lowest BCUT2D eigenvalue weighted by Crippen LogP contribution is -2.12. The lowest BCUT2D eigenvalue weighted by molar-refractivity contribution is -0.393. The summed E-state index contributed by atoms with van der Waals surface area (Å²) in [5.74, 6) is 0.458. The van der Waals surface area contributed by atoms with Gasteiger partial charge in [0.15, 0.2) is 0 Å². The topological polar surface area (TPSA) is 111 Å². The zero-order chi connectivity index (χ0) is 17.2. The van der Waals surface area contributed by atoms with E-state index in [9.17, 15) is 20.2 Å². The van der Waals surface area contributed by atoms with Crippen LogP contribution in [0.3, 0.4) is 0 Å². The fraction of sp³-hybridized carbons (Fsp3) is 0.400. The Morgan fingerprint density at radius 1 is 1.30 bits per heavy atom. The first-order chi connectivity index (χ1) is 10.7. The summed E-state index contributed by atoms with van der Waals surface area (Å²) in [5, 5.41) is 25.8. The van der Waals surface area contributed by atoms with Gasteiger partial charge in [0.05, 0.1) is 22.1 Å². The molecule has 0 radical (unpaired) electrons. The molecule has 0 heterocycles. The van der Waals surface area contributed by atoms with Crippen LogP contribution in [0.25, 0.3) is 0 Å². The number of anilines is 1. The first-order valence-corrected chi connectivity index (χ1v) is 7.15. The Kier molecular flexibility index (Phi) is 4.44. The molecule has 1 N–H and O–H groups in total. The summed E-state index contributed by atoms with van der Waals surface area (Å²) in [6.45, 7) is 6.35. The first kappa shape index (κ1) is 16.6. The Morgan fingerprint density at radius 2 is 2.00 bits per heavy atom. The number of nitrogens with zero attached hydrogens (tertiary/aromatic N) is 3. The number of nitro benzene ring substituents is 2. The highest BCUT2D eigenvalue weighted by molar-refractivity contribution is 5.82. The van der Waals surface area contributed by atoms with E-state index in [2.05, 4.69) is 37.4 Å². The van der Waals surface area contributed by atoms with Gasteiger partial charge in [0.1, 0.15) is 5.69 Å². The van der Waals surface area contributed by atoms with Gasteiger partial charge in [-0.1, -0.05) is 26.8 Å². The molecule has 0 fully saturated rings. The van der Waals surface area contributed by atoms with Crippen LogP contribution in [0.4, 0.5) is 17.1 Å². The van der Waals surface area contributed by atoms with E-state index in [1.54, 1.807) is 6.21 Å². The standard InChI is InChI=1S/C15H18N4O4/c1-10-6-11(15(2,3)8-10)9-16-17-13-5-4-12(18(20)21)7-14(13)19(22)23/h4-7,9-10,17H,8H2,1-3H3/b16-9-/t10-/m0/s1. The lowest BCUT2D eigenvalue weighted by atomic mass is 9.85. The Hall–Kier alpha value is -2.77. The monoisotopic (exact) mass is 318 g/mol. The van der Waals surface area contributed by atoms with Crippen LogP contribution < -0.4 is 5.43 Å². The molecule has 0 amide bonds. The second-order valence-electron chi connectivity index (χ2n) is 6.27. The molecule has 0 bridgehead atoms. The Balaban J connectivity index is 2.21. The number of benzene rings is 1. The third-order valence-electron chi connectivity index (χ3n) is 3.86. The molecule has 1 aliphatic rings. The quantitative estimate of drug-likeness (QED) is 0.503. The summed E-state index contributed by atoms with van der Waals surface area (Å²) in [6, 6.07) is 3.40. The molecule has 23 heavy (non-hydrogen) atoms. The lowest BCUT2D eigenvalue weighted by Gasteiger charge is -2.20. The minimum atomic E-state index is -0.675. The Morgan fingerprint density at radius 3 is 2.52 bits per heavy atom. The maximum Gasteiger partial charge on any atom is 0.301 e. The summed E-state index contributed by atoms with van der Waals surface area (Å²) in [7, 11) is 0. The van der Waals surface area contributed by atoms with E-state index in [0.29, 0.717) is 5.92 Å². The van der Waals surface area contributed by atoms with Gasteiger partial charge in [-0.05, 0) is 29.4 Å². The molecular formula is C15H18N4O4. The fourth-order valence-corrected chi connectivity index (χ4v) is 2.78. The van der Waals surface area contributed by atoms with Crippen molar-refractivity contribution in [2.45, 2.75) is 27.2 Å². The van der Waals surface area contributed by atoms with Crippen molar-refractivity contribution in [2.75, 3.05) is 5.43 Å². The SMILES string of the molecule is C[C@H]1C=C(/C=N\Nc2ccc([N+](=O)[O-])cc2[N+](=O)[O-])C(C)(C)C1. The van der Waals surface area contributed by atoms with Crippen LogP contribution >= 0.6 is 0 Å². The molecule has 2 rings (SSSR count). The van der Waals surface area contributed by atoms with E-state index in [1.807, 2.05) is 0 Å². The van der Waals surface area contributed by atoms with E-state index in [1.165, 1.54) is 12.1 Å². The van der Waals surface area contributed by atoms with Gasteiger partial charge in [0.25, 0.3) is 5.69 Å². The summed E-state index contributed by atoms with van der Waals surface area (Å²) < 4.78 is 0. The van der Waals surface area contributed by atoms with Crippen LogP contribution in [-0.2, 0) is 0 Å². The first-order valence-electron chi connectivity index (χ1n) is 7.15. The number of hydrogen-bond acceptors (Lipinski definition) is 6. The van der Waals surface area contributed by atoms with Gasteiger partial charge in [0, 0.05) is 6.07 Å². The highest BCUT2D eigenvalue weighted by Gasteiger charge is 2.30. The highest BCUT2D eigenvalue weighted by Crippen LogP contribution is 2.40. The van der Waals surface area contributed by atoms with Gasteiger partial charge in [-0.25, -0.2) is 0 Å². The van der Waals surface area contributed by atoms with E-state index in [0.717, 1.165) is 18.1 Å². The maximum atomic E-state index is 11.0. The Bertz CT molecular complexity index is 709. The molecule has 1 aromatic carbocycles. The van der Waals surface area contributed by atoms with Crippen LogP contribution in [0.2, 0.25) is 0 Å². The smallest absolute Gasteiger partial charge is 0.272 e. The van der Waals surface area contributed by atoms with Crippen molar-refractivity contribution in [1.29, 1.82) is 0 Å². The molecule has 0 aromatic heterocycles. The summed E-state index contributed by atoms with van der Waals surface area (Å²) in [4.78, 5) is 20.4. The minimum Gasteiger partial charge on any atom is -0.272 e. The molecule has 0 spiro atoms. The van der Waals surface area contributed by atoms with Crippen molar-refractivity contribution in [1.82, 2.24) is 0 Å². The molecule has 0 saturated heterocycles. The molecule has 1 aliphatic carbocycles. The number of hydrogen-bond donors (Lipinski definition) is 1. The van der Waals surface area contributed by atoms with E-state index < -0.39 is 9.85 Å². The third kappa shape index (κ3) is 3.71. The number of nitro groups is 2. The summed E-state index contributed by atoms with van der Waals surface area (Å²) in [5.41, 5.74) is 3.06. The minimum absolute atomic E-state index is 0.00596. The van der Waals surface area contributed by atoms with Gasteiger partial charge in [-0.3, -0.25) is 25.7 Å². The zero-order valence-electron chi connectivity index (χ0n) is 13.1. The van der Waals surface area contributed by atoms with Crippen molar-refractivity contribution in [2.24, 2.45) is 16.4 Å². The predicted octanol–water partition coefficient (Wildman–Crippen LogP) is 3.89. The van der Waals surface area contributed by atoms with Gasteiger partial charge in [-0.15, -0.1) is 0 Å². The average molecular weight is 318 g/mol. The maximum absolute atomic E-state index is 11.0. The molecule has 0 aliphatic heterocycles. The largest absolute Gasteiger partial charge is 0.301 e. The number of non-ortho nitro benzene ring substituents is 1. The highest BCUT2D eigenvalue weighted by atomic mass is 16.6. The molecular weight excluding hydrogens is 300 g/mol. The van der Waals surface area contributed by atoms with Gasteiger partial charge >= 0.3 is 5.69 Å². The fourth-order valence-electron chi connectivity index (χ4n) is 2.78. The van der Waals surface area contributed by atoms with E-state index >= 15 is 0 Å². The van der Waals surface area contributed by atoms with Crippen molar-refractivity contribution >= 4 is 23.3 Å². The van der Waals surface area contributed by atoms with Crippen LogP contribution in [0.15, 0.2) is 34.9 Å². The van der Waals surface area contributed by atoms with Gasteiger partial charge < -0.3 is 0 Å². The molecule has 0 unspecified atom stereocenters. The number of hydrazone groups is 1. The predicted molar refractivity (Wildman–Crippen MR) is 87.5 cm³/mol. The van der Waals surface area contributed by atoms with Crippen molar-refractivity contribution in [3.63, 3.8) is 0 Å². The van der Waals surface area contributed by atoms with Gasteiger partial charge in [0.2, 0.25) is 0 Å². The second kappa shape index (κ2) is 6.15. The van der Waals surface area contributed by atoms with E-state index in [4.69, 9.17) is 0 Å². The molecule has 1 aromatic rings. The molecule has 122 valence electrons. The zero-order valence-corrected chi connectivity index (χ0v) is 13.1. The van der Waals surface area contributed by atoms with Crippen LogP contribution in [0, 0.1) is 31.6 Å². The normalized spacial score (nSPS) is 19.6. The van der Waals surface area contributed by atoms with Crippen LogP contribution in [-0.4, -0.2) is 16.1 Å². The molecule has 8 nitrogen and oxygen atoms in total. The summed E-state index contributed by atoms with van der Waals surface area (Å²) in [6.07, 6.45) is 4.79. The van der Waals surface area contributed by atoms with Crippen molar-refractivity contribution in [3.8, 4) is 0 Å². The van der Waals surface area contributed by atoms with Crippen molar-refractivity contribution < 1.29 is 9.85 Å². The molecule has 0 saturated carbocycles. The second-order valence-corrected chi connectivity index (χ2v) is 6.27. The van der Waals surface area contributed by atoms with Crippen molar-refractivity contribution in [3.05, 3.63) is 50.1 Å². The summed E-state index contributed by atoms with van der Waals surface area (Å²) >= 11 is 0. The van der Waals surface area contributed by atoms with Gasteiger partial charge in [-0.2, -0.15) is 5.10 Å². The number of rotatable bonds is 5. The van der Waals surface area contributed by atoms with Crippen LogP contribution in [0.5, 0.6) is 0 Å². The molecule has 1 atom stereocenters. The van der Waals surface area contributed by atoms with E-state index in [-0.39, 0.29) is 22.5 Å². The third-order valence-corrected chi connectivity index (χ3v) is 3.86. The number of nitrogens with one attached hydrogen (secondary N) is 1. The number of allylic oxidation sites excluding steroid dienone is 2. The molecule has 8 heteroatoms. The average Bonchev–Trinajstić information content (AvgIpc) is 2.71.